The summed E-state index contributed by atoms with van der Waals surface area (Å²) in [5.41, 5.74) is 1.66. The molecule has 0 aliphatic carbocycles. The third-order valence-electron chi connectivity index (χ3n) is 4.09. The average Bonchev–Trinajstić information content (AvgIpc) is 3.02. The van der Waals surface area contributed by atoms with E-state index >= 15 is 0 Å². The first-order valence-corrected chi connectivity index (χ1v) is 10.1. The minimum atomic E-state index is -3.60. The highest BCUT2D eigenvalue weighted by Gasteiger charge is 2.25. The van der Waals surface area contributed by atoms with Gasteiger partial charge < -0.3 is 9.64 Å². The van der Waals surface area contributed by atoms with Crippen molar-refractivity contribution in [3.63, 3.8) is 0 Å². The zero-order valence-electron chi connectivity index (χ0n) is 14.2. The number of benzene rings is 2. The smallest absolute Gasteiger partial charge is 0.236 e. The molecule has 0 atom stereocenters. The molecular weight excluding hydrogens is 376 g/mol. The standard InChI is InChI=1S/C18H19ClN2O4S/c1-25-17-11-15(8-9-16(17)21-10-2-3-18(21)22)20-26(23,24)12-13-4-6-14(19)7-5-13/h4-9,11,20H,2-3,10,12H2,1H3. The van der Waals surface area contributed by atoms with Crippen LogP contribution in [0.25, 0.3) is 0 Å². The molecule has 3 rings (SSSR count). The van der Waals surface area contributed by atoms with E-state index in [-0.39, 0.29) is 11.7 Å². The molecule has 0 spiro atoms. The Morgan fingerprint density at radius 2 is 1.92 bits per heavy atom. The second-order valence-electron chi connectivity index (χ2n) is 6.02. The summed E-state index contributed by atoms with van der Waals surface area (Å²) in [6.45, 7) is 0.636. The Labute approximate surface area is 157 Å². The van der Waals surface area contributed by atoms with Crippen LogP contribution < -0.4 is 14.4 Å². The number of nitrogens with one attached hydrogen (secondary N) is 1. The van der Waals surface area contributed by atoms with E-state index in [0.29, 0.717) is 40.7 Å². The van der Waals surface area contributed by atoms with Crippen LogP contribution in [0.4, 0.5) is 11.4 Å². The van der Waals surface area contributed by atoms with Crippen LogP contribution >= 0.6 is 11.6 Å². The van der Waals surface area contributed by atoms with Gasteiger partial charge in [0.1, 0.15) is 5.75 Å². The maximum Gasteiger partial charge on any atom is 0.236 e. The fourth-order valence-electron chi connectivity index (χ4n) is 2.88. The molecule has 0 aromatic heterocycles. The second-order valence-corrected chi connectivity index (χ2v) is 8.18. The molecule has 8 heteroatoms. The predicted octanol–water partition coefficient (Wildman–Crippen LogP) is 3.42. The molecule has 0 saturated carbocycles. The van der Waals surface area contributed by atoms with Gasteiger partial charge in [-0.15, -0.1) is 0 Å². The summed E-state index contributed by atoms with van der Waals surface area (Å²) >= 11 is 5.82. The van der Waals surface area contributed by atoms with E-state index in [0.717, 1.165) is 6.42 Å². The van der Waals surface area contributed by atoms with Crippen LogP contribution in [-0.2, 0) is 20.6 Å². The highest BCUT2D eigenvalue weighted by Crippen LogP contribution is 2.34. The molecule has 1 N–H and O–H groups in total. The van der Waals surface area contributed by atoms with Crippen molar-refractivity contribution in [3.05, 3.63) is 53.1 Å². The van der Waals surface area contributed by atoms with Gasteiger partial charge in [0, 0.05) is 24.1 Å². The number of rotatable bonds is 6. The van der Waals surface area contributed by atoms with Gasteiger partial charge in [-0.1, -0.05) is 23.7 Å². The van der Waals surface area contributed by atoms with Gasteiger partial charge in [-0.05, 0) is 36.2 Å². The third kappa shape index (κ3) is 4.28. The molecular formula is C18H19ClN2O4S. The molecule has 0 bridgehead atoms. The normalized spacial score (nSPS) is 14.5. The van der Waals surface area contributed by atoms with Crippen molar-refractivity contribution in [2.75, 3.05) is 23.3 Å². The lowest BCUT2D eigenvalue weighted by molar-refractivity contribution is -0.117. The molecule has 0 radical (unpaired) electrons. The van der Waals surface area contributed by atoms with Gasteiger partial charge in [0.2, 0.25) is 15.9 Å². The molecule has 1 aliphatic rings. The Bertz CT molecular complexity index is 913. The fourth-order valence-corrected chi connectivity index (χ4v) is 4.20. The number of nitrogens with zero attached hydrogens (tertiary/aromatic N) is 1. The van der Waals surface area contributed by atoms with Crippen molar-refractivity contribution in [2.24, 2.45) is 0 Å². The van der Waals surface area contributed by atoms with E-state index in [2.05, 4.69) is 4.72 Å². The number of ether oxygens (including phenoxy) is 1. The van der Waals surface area contributed by atoms with Crippen LogP contribution in [0.1, 0.15) is 18.4 Å². The van der Waals surface area contributed by atoms with E-state index in [4.69, 9.17) is 16.3 Å². The van der Waals surface area contributed by atoms with Gasteiger partial charge in [-0.25, -0.2) is 8.42 Å². The number of hydrogen-bond donors (Lipinski definition) is 1. The van der Waals surface area contributed by atoms with E-state index < -0.39 is 10.0 Å². The van der Waals surface area contributed by atoms with Gasteiger partial charge in [-0.2, -0.15) is 0 Å². The molecule has 2 aromatic rings. The van der Waals surface area contributed by atoms with Crippen molar-refractivity contribution in [3.8, 4) is 5.75 Å². The number of anilines is 2. The zero-order chi connectivity index (χ0) is 18.7. The molecule has 1 amide bonds. The topological polar surface area (TPSA) is 75.7 Å². The van der Waals surface area contributed by atoms with Crippen LogP contribution in [0.2, 0.25) is 5.02 Å². The molecule has 26 heavy (non-hydrogen) atoms. The summed E-state index contributed by atoms with van der Waals surface area (Å²) in [7, 11) is -2.11. The van der Waals surface area contributed by atoms with E-state index in [1.165, 1.54) is 7.11 Å². The summed E-state index contributed by atoms with van der Waals surface area (Å²) in [4.78, 5) is 13.6. The fraction of sp³-hybridized carbons (Fsp3) is 0.278. The number of hydrogen-bond acceptors (Lipinski definition) is 4. The molecule has 1 saturated heterocycles. The molecule has 0 unspecified atom stereocenters. The Kier molecular flexibility index (Phi) is 5.38. The summed E-state index contributed by atoms with van der Waals surface area (Å²) in [6.07, 6.45) is 1.32. The van der Waals surface area contributed by atoms with Gasteiger partial charge in [0.05, 0.1) is 24.2 Å². The van der Waals surface area contributed by atoms with E-state index in [1.54, 1.807) is 47.4 Å². The summed E-state index contributed by atoms with van der Waals surface area (Å²) in [6, 6.07) is 11.6. The number of sulfonamides is 1. The monoisotopic (exact) mass is 394 g/mol. The predicted molar refractivity (Wildman–Crippen MR) is 102 cm³/mol. The van der Waals surface area contributed by atoms with Crippen LogP contribution in [-0.4, -0.2) is 28.0 Å². The van der Waals surface area contributed by atoms with E-state index in [1.807, 2.05) is 0 Å². The highest BCUT2D eigenvalue weighted by molar-refractivity contribution is 7.91. The van der Waals surface area contributed by atoms with E-state index in [9.17, 15) is 13.2 Å². The van der Waals surface area contributed by atoms with Crippen LogP contribution in [0.15, 0.2) is 42.5 Å². The first-order chi connectivity index (χ1) is 12.4. The number of amides is 1. The maximum absolute atomic E-state index is 12.4. The van der Waals surface area contributed by atoms with Gasteiger partial charge in [-0.3, -0.25) is 9.52 Å². The zero-order valence-corrected chi connectivity index (χ0v) is 15.8. The maximum atomic E-state index is 12.4. The highest BCUT2D eigenvalue weighted by atomic mass is 35.5. The van der Waals surface area contributed by atoms with Crippen LogP contribution in [0, 0.1) is 0 Å². The van der Waals surface area contributed by atoms with Crippen LogP contribution in [0.3, 0.4) is 0 Å². The number of halogens is 1. The number of methoxy groups -OCH3 is 1. The molecule has 138 valence electrons. The molecule has 1 heterocycles. The number of carbonyl (C=O) groups is 1. The summed E-state index contributed by atoms with van der Waals surface area (Å²) in [5.74, 6) is 0.324. The first-order valence-electron chi connectivity index (χ1n) is 8.11. The quantitative estimate of drug-likeness (QED) is 0.814. The third-order valence-corrected chi connectivity index (χ3v) is 5.60. The second kappa shape index (κ2) is 7.55. The van der Waals surface area contributed by atoms with Crippen molar-refractivity contribution in [1.82, 2.24) is 0 Å². The van der Waals surface area contributed by atoms with Crippen molar-refractivity contribution >= 4 is 38.9 Å². The van der Waals surface area contributed by atoms with Crippen molar-refractivity contribution in [1.29, 1.82) is 0 Å². The molecule has 1 aliphatic heterocycles. The minimum Gasteiger partial charge on any atom is -0.494 e. The summed E-state index contributed by atoms with van der Waals surface area (Å²) < 4.78 is 32.7. The Hall–Kier alpha value is -2.25. The number of carbonyl (C=O) groups excluding carboxylic acids is 1. The van der Waals surface area contributed by atoms with Crippen molar-refractivity contribution in [2.45, 2.75) is 18.6 Å². The average molecular weight is 395 g/mol. The lowest BCUT2D eigenvalue weighted by Crippen LogP contribution is -2.24. The van der Waals surface area contributed by atoms with Crippen LogP contribution in [0.5, 0.6) is 5.75 Å². The molecule has 2 aromatic carbocycles. The largest absolute Gasteiger partial charge is 0.494 e. The van der Waals surface area contributed by atoms with Crippen molar-refractivity contribution < 1.29 is 17.9 Å². The van der Waals surface area contributed by atoms with Gasteiger partial charge in [0.25, 0.3) is 0 Å². The Morgan fingerprint density at radius 3 is 2.54 bits per heavy atom. The molecule has 1 fully saturated rings. The Morgan fingerprint density at radius 1 is 1.19 bits per heavy atom. The Balaban J connectivity index is 1.78. The summed E-state index contributed by atoms with van der Waals surface area (Å²) in [5, 5.41) is 0.552. The minimum absolute atomic E-state index is 0.0411. The lowest BCUT2D eigenvalue weighted by Gasteiger charge is -2.20. The SMILES string of the molecule is COc1cc(NS(=O)(=O)Cc2ccc(Cl)cc2)ccc1N1CCCC1=O. The van der Waals surface area contributed by atoms with Gasteiger partial charge >= 0.3 is 0 Å². The molecule has 6 nitrogen and oxygen atoms in total. The lowest BCUT2D eigenvalue weighted by atomic mass is 10.2. The first kappa shape index (κ1) is 18.5. The van der Waals surface area contributed by atoms with Gasteiger partial charge in [0.15, 0.2) is 0 Å².